The number of hydrogen-bond donors (Lipinski definition) is 2. The maximum atomic E-state index is 11.2. The maximum absolute atomic E-state index is 11.2. The number of H-pyrrole nitrogens is 1. The Morgan fingerprint density at radius 3 is 2.85 bits per heavy atom. The third-order valence-corrected chi connectivity index (χ3v) is 1.44. The largest absolute Gasteiger partial charge is 0.465 e. The highest BCUT2D eigenvalue weighted by atomic mass is 16.5. The smallest absolute Gasteiger partial charge is 0.345 e. The van der Waals surface area contributed by atoms with E-state index in [1.54, 1.807) is 7.05 Å². The molecule has 70 valence electrons. The summed E-state index contributed by atoms with van der Waals surface area (Å²) in [4.78, 5) is 28.2. The van der Waals surface area contributed by atoms with Crippen molar-refractivity contribution in [2.75, 3.05) is 19.5 Å². The Bertz CT molecular complexity index is 371. The highest BCUT2D eigenvalue weighted by molar-refractivity contribution is 5.88. The fourth-order valence-electron chi connectivity index (χ4n) is 0.777. The van der Waals surface area contributed by atoms with Crippen LogP contribution in [0.25, 0.3) is 0 Å². The molecule has 2 N–H and O–H groups in total. The summed E-state index contributed by atoms with van der Waals surface area (Å²) in [7, 11) is 2.81. The van der Waals surface area contributed by atoms with E-state index in [1.165, 1.54) is 7.11 Å². The zero-order valence-corrected chi connectivity index (χ0v) is 7.25. The van der Waals surface area contributed by atoms with Gasteiger partial charge < -0.3 is 10.1 Å². The zero-order chi connectivity index (χ0) is 9.84. The number of aromatic nitrogens is 2. The monoisotopic (exact) mass is 183 g/mol. The van der Waals surface area contributed by atoms with Gasteiger partial charge in [0.25, 0.3) is 5.56 Å². The summed E-state index contributed by atoms with van der Waals surface area (Å²) in [5.74, 6) is -0.394. The molecule has 0 radical (unpaired) electrons. The van der Waals surface area contributed by atoms with Crippen molar-refractivity contribution in [2.45, 2.75) is 0 Å². The molecule has 0 unspecified atom stereocenters. The van der Waals surface area contributed by atoms with Crippen LogP contribution in [-0.2, 0) is 4.74 Å². The number of methoxy groups -OCH3 is 1. The van der Waals surface area contributed by atoms with Crippen LogP contribution in [-0.4, -0.2) is 30.1 Å². The molecule has 0 aliphatic carbocycles. The molecule has 1 rings (SSSR count). The molecule has 0 amide bonds. The first-order chi connectivity index (χ1) is 6.19. The molecule has 0 bridgehead atoms. The number of esters is 1. The van der Waals surface area contributed by atoms with Gasteiger partial charge in [0, 0.05) is 7.05 Å². The van der Waals surface area contributed by atoms with E-state index in [0.717, 1.165) is 6.20 Å². The SMILES string of the molecule is CNc1ncc(C(=O)OC)c(=O)[nH]1. The van der Waals surface area contributed by atoms with Gasteiger partial charge in [0.05, 0.1) is 13.3 Å². The quantitative estimate of drug-likeness (QED) is 0.609. The summed E-state index contributed by atoms with van der Waals surface area (Å²) in [5, 5.41) is 2.63. The van der Waals surface area contributed by atoms with Gasteiger partial charge in [-0.25, -0.2) is 9.78 Å². The van der Waals surface area contributed by atoms with Crippen molar-refractivity contribution in [1.82, 2.24) is 9.97 Å². The number of carbonyl (C=O) groups excluding carboxylic acids is 1. The van der Waals surface area contributed by atoms with Crippen molar-refractivity contribution in [3.05, 3.63) is 22.1 Å². The van der Waals surface area contributed by atoms with Gasteiger partial charge in [0.15, 0.2) is 0 Å². The Kier molecular flexibility index (Phi) is 2.63. The standard InChI is InChI=1S/C7H9N3O3/c1-8-7-9-3-4(5(11)10-7)6(12)13-2/h3H,1-2H3,(H2,8,9,10,11). The Morgan fingerprint density at radius 1 is 1.69 bits per heavy atom. The van der Waals surface area contributed by atoms with Crippen LogP contribution in [0.4, 0.5) is 5.95 Å². The van der Waals surface area contributed by atoms with Crippen LogP contribution in [0.5, 0.6) is 0 Å². The van der Waals surface area contributed by atoms with Crippen molar-refractivity contribution in [3.8, 4) is 0 Å². The van der Waals surface area contributed by atoms with Crippen molar-refractivity contribution in [3.63, 3.8) is 0 Å². The van der Waals surface area contributed by atoms with Crippen molar-refractivity contribution in [1.29, 1.82) is 0 Å². The van der Waals surface area contributed by atoms with Gasteiger partial charge in [-0.3, -0.25) is 9.78 Å². The third kappa shape index (κ3) is 1.84. The first-order valence-electron chi connectivity index (χ1n) is 3.54. The van der Waals surface area contributed by atoms with Crippen LogP contribution < -0.4 is 10.9 Å². The van der Waals surface area contributed by atoms with Gasteiger partial charge in [-0.05, 0) is 0 Å². The molecule has 0 spiro atoms. The molecule has 13 heavy (non-hydrogen) atoms. The number of aromatic amines is 1. The molecule has 0 saturated heterocycles. The average Bonchev–Trinajstić information content (AvgIpc) is 2.16. The summed E-state index contributed by atoms with van der Waals surface area (Å²) in [6, 6.07) is 0. The molecule has 0 aliphatic heterocycles. The van der Waals surface area contributed by atoms with Crippen molar-refractivity contribution >= 4 is 11.9 Å². The summed E-state index contributed by atoms with van der Waals surface area (Å²) in [5.41, 5.74) is -0.632. The van der Waals surface area contributed by atoms with Crippen molar-refractivity contribution < 1.29 is 9.53 Å². The molecule has 0 fully saturated rings. The molecule has 1 aromatic heterocycles. The Balaban J connectivity index is 3.13. The van der Waals surface area contributed by atoms with Gasteiger partial charge in [-0.1, -0.05) is 0 Å². The normalized spacial score (nSPS) is 9.38. The van der Waals surface area contributed by atoms with Gasteiger partial charge in [-0.2, -0.15) is 0 Å². The molecule has 0 atom stereocenters. The lowest BCUT2D eigenvalue weighted by molar-refractivity contribution is 0.0598. The molecule has 6 heteroatoms. The fourth-order valence-corrected chi connectivity index (χ4v) is 0.777. The van der Waals surface area contributed by atoms with Crippen LogP contribution >= 0.6 is 0 Å². The number of nitrogens with one attached hydrogen (secondary N) is 2. The highest BCUT2D eigenvalue weighted by Crippen LogP contribution is 1.94. The number of carbonyl (C=O) groups is 1. The predicted molar refractivity (Wildman–Crippen MR) is 45.7 cm³/mol. The second kappa shape index (κ2) is 3.70. The zero-order valence-electron chi connectivity index (χ0n) is 7.25. The molecule has 6 nitrogen and oxygen atoms in total. The summed E-state index contributed by atoms with van der Waals surface area (Å²) < 4.78 is 4.37. The topological polar surface area (TPSA) is 84.1 Å². The Hall–Kier alpha value is -1.85. The summed E-state index contributed by atoms with van der Waals surface area (Å²) in [6.45, 7) is 0. The third-order valence-electron chi connectivity index (χ3n) is 1.44. The van der Waals surface area contributed by atoms with E-state index >= 15 is 0 Å². The molecular weight excluding hydrogens is 174 g/mol. The van der Waals surface area contributed by atoms with Crippen LogP contribution in [0.2, 0.25) is 0 Å². The van der Waals surface area contributed by atoms with E-state index in [4.69, 9.17) is 0 Å². The molecule has 1 heterocycles. The number of rotatable bonds is 2. The van der Waals surface area contributed by atoms with Crippen LogP contribution in [0.1, 0.15) is 10.4 Å². The number of hydrogen-bond acceptors (Lipinski definition) is 5. The number of nitrogens with zero attached hydrogens (tertiary/aromatic N) is 1. The molecule has 1 aromatic rings. The maximum Gasteiger partial charge on any atom is 0.345 e. The molecule has 0 aromatic carbocycles. The Labute approximate surface area is 74.0 Å². The molecule has 0 aliphatic rings. The van der Waals surface area contributed by atoms with Gasteiger partial charge in [0.2, 0.25) is 5.95 Å². The predicted octanol–water partition coefficient (Wildman–Crippen LogP) is -0.402. The average molecular weight is 183 g/mol. The summed E-state index contributed by atoms with van der Waals surface area (Å²) >= 11 is 0. The lowest BCUT2D eigenvalue weighted by Crippen LogP contribution is -2.20. The highest BCUT2D eigenvalue weighted by Gasteiger charge is 2.10. The number of ether oxygens (including phenoxy) is 1. The van der Waals surface area contributed by atoms with E-state index in [9.17, 15) is 9.59 Å². The number of anilines is 1. The van der Waals surface area contributed by atoms with E-state index in [1.807, 2.05) is 0 Å². The lowest BCUT2D eigenvalue weighted by Gasteiger charge is -1.99. The minimum Gasteiger partial charge on any atom is -0.465 e. The first kappa shape index (κ1) is 9.24. The van der Waals surface area contributed by atoms with E-state index in [2.05, 4.69) is 20.0 Å². The summed E-state index contributed by atoms with van der Waals surface area (Å²) in [6.07, 6.45) is 1.16. The van der Waals surface area contributed by atoms with Gasteiger partial charge in [0.1, 0.15) is 5.56 Å². The van der Waals surface area contributed by atoms with Gasteiger partial charge >= 0.3 is 5.97 Å². The minimum atomic E-state index is -0.698. The minimum absolute atomic E-state index is 0.110. The van der Waals surface area contributed by atoms with Crippen LogP contribution in [0, 0.1) is 0 Å². The second-order valence-corrected chi connectivity index (χ2v) is 2.22. The first-order valence-corrected chi connectivity index (χ1v) is 3.54. The van der Waals surface area contributed by atoms with Gasteiger partial charge in [-0.15, -0.1) is 0 Å². The lowest BCUT2D eigenvalue weighted by atomic mass is 10.3. The van der Waals surface area contributed by atoms with Crippen LogP contribution in [0.3, 0.4) is 0 Å². The second-order valence-electron chi connectivity index (χ2n) is 2.22. The van der Waals surface area contributed by atoms with Crippen molar-refractivity contribution in [2.24, 2.45) is 0 Å². The molecular formula is C7H9N3O3. The fraction of sp³-hybridized carbons (Fsp3) is 0.286. The van der Waals surface area contributed by atoms with E-state index in [0.29, 0.717) is 5.95 Å². The molecule has 0 saturated carbocycles. The Morgan fingerprint density at radius 2 is 2.38 bits per heavy atom. The van der Waals surface area contributed by atoms with E-state index < -0.39 is 11.5 Å². The van der Waals surface area contributed by atoms with Crippen LogP contribution in [0.15, 0.2) is 11.0 Å². The van der Waals surface area contributed by atoms with E-state index in [-0.39, 0.29) is 5.56 Å².